The summed E-state index contributed by atoms with van der Waals surface area (Å²) in [6.07, 6.45) is 1.73. The third kappa shape index (κ3) is 4.59. The van der Waals surface area contributed by atoms with E-state index in [1.807, 2.05) is 0 Å². The molecule has 0 bridgehead atoms. The molecule has 9 nitrogen and oxygen atoms in total. The summed E-state index contributed by atoms with van der Waals surface area (Å²) in [5, 5.41) is 6.68. The fraction of sp³-hybridized carbons (Fsp3) is 0.524. The Morgan fingerprint density at radius 2 is 1.85 bits per heavy atom. The molecule has 1 aromatic heterocycles. The summed E-state index contributed by atoms with van der Waals surface area (Å²) in [6, 6.07) is 3.96. The molecule has 3 saturated heterocycles. The van der Waals surface area contributed by atoms with Crippen molar-refractivity contribution in [2.24, 2.45) is 11.8 Å². The van der Waals surface area contributed by atoms with Gasteiger partial charge < -0.3 is 19.5 Å². The van der Waals surface area contributed by atoms with Crippen LogP contribution in [0.2, 0.25) is 0 Å². The van der Waals surface area contributed by atoms with Gasteiger partial charge in [0.25, 0.3) is 0 Å². The molecule has 2 aromatic rings. The van der Waals surface area contributed by atoms with Crippen LogP contribution in [-0.2, 0) is 4.74 Å². The average Bonchev–Trinajstić information content (AvgIpc) is 3.40. The molecule has 0 aliphatic carbocycles. The van der Waals surface area contributed by atoms with E-state index in [9.17, 15) is 22.7 Å². The van der Waals surface area contributed by atoms with Gasteiger partial charge in [-0.15, -0.1) is 0 Å². The highest BCUT2D eigenvalue weighted by Gasteiger charge is 2.40. The topological polar surface area (TPSA) is 111 Å². The number of nitrogens with one attached hydrogen (secondary N) is 1. The molecule has 0 spiro atoms. The zero-order valence-corrected chi connectivity index (χ0v) is 18.6. The highest BCUT2D eigenvalue weighted by atomic mass is 32.3. The fourth-order valence-corrected chi connectivity index (χ4v) is 6.69. The second-order valence-electron chi connectivity index (χ2n) is 8.86. The number of carbonyl (C=O) groups excluding carboxylic acids is 1. The Balaban J connectivity index is 1.21. The number of rotatable bonds is 6. The molecule has 3 aliphatic rings. The molecule has 3 N–H and O–H groups in total. The first kappa shape index (κ1) is 22.2. The largest absolute Gasteiger partial charge is 0.442 e. The molecule has 3 fully saturated rings. The van der Waals surface area contributed by atoms with Crippen molar-refractivity contribution in [2.75, 3.05) is 52.8 Å². The molecule has 1 amide bonds. The van der Waals surface area contributed by atoms with Crippen LogP contribution in [0.5, 0.6) is 0 Å². The number of hydrogen-bond acceptors (Lipinski definition) is 8. The van der Waals surface area contributed by atoms with Gasteiger partial charge in [-0.3, -0.25) is 14.0 Å². The fourth-order valence-electron chi connectivity index (χ4n) is 4.87. The summed E-state index contributed by atoms with van der Waals surface area (Å²) < 4.78 is 59.2. The Morgan fingerprint density at radius 1 is 1.15 bits per heavy atom. The van der Waals surface area contributed by atoms with E-state index >= 15 is 0 Å². The van der Waals surface area contributed by atoms with Crippen LogP contribution in [-0.4, -0.2) is 64.1 Å². The third-order valence-electron chi connectivity index (χ3n) is 6.62. The lowest BCUT2D eigenvalue weighted by molar-refractivity contribution is 0.147. The monoisotopic (exact) mass is 484 g/mol. The molecule has 5 rings (SSSR count). The van der Waals surface area contributed by atoms with Gasteiger partial charge in [-0.05, 0) is 24.7 Å². The van der Waals surface area contributed by atoms with Crippen LogP contribution in [0.4, 0.5) is 30.8 Å². The Kier molecular flexibility index (Phi) is 5.83. The second kappa shape index (κ2) is 8.65. The molecule has 180 valence electrons. The summed E-state index contributed by atoms with van der Waals surface area (Å²) >= 11 is 0. The number of halogens is 2. The molecule has 1 aromatic carbocycles. The van der Waals surface area contributed by atoms with E-state index in [0.717, 1.165) is 12.8 Å². The minimum Gasteiger partial charge on any atom is -0.442 e. The minimum atomic E-state index is -2.38. The van der Waals surface area contributed by atoms with Crippen molar-refractivity contribution in [2.45, 2.75) is 18.9 Å². The lowest BCUT2D eigenvalue weighted by Crippen LogP contribution is -2.44. The molecule has 12 heteroatoms. The molecule has 0 unspecified atom stereocenters. The van der Waals surface area contributed by atoms with Crippen molar-refractivity contribution in [1.82, 2.24) is 5.16 Å². The Labute approximate surface area is 191 Å². The Hall–Kier alpha value is -2.57. The molecular weight excluding hydrogens is 458 g/mol. The van der Waals surface area contributed by atoms with Crippen LogP contribution in [0.25, 0.3) is 0 Å². The quantitative estimate of drug-likeness (QED) is 0.565. The number of anilines is 3. The summed E-state index contributed by atoms with van der Waals surface area (Å²) in [7, 11) is -2.38. The van der Waals surface area contributed by atoms with E-state index in [4.69, 9.17) is 9.26 Å². The number of benzene rings is 1. The number of aromatic nitrogens is 1. The lowest BCUT2D eigenvalue weighted by Gasteiger charge is -2.51. The molecule has 0 saturated carbocycles. The van der Waals surface area contributed by atoms with Crippen LogP contribution < -0.4 is 15.1 Å². The SMILES string of the molecule is O=C1O[C@@H](CNc2ccon2)CN1c1cc(F)c(N2CCC(C3CS(O)(O)C3)CC2)c(F)c1. The number of nitrogens with zero attached hydrogens (tertiary/aromatic N) is 3. The normalized spacial score (nSPS) is 24.5. The maximum Gasteiger partial charge on any atom is 0.414 e. The molecule has 3 aliphatic heterocycles. The van der Waals surface area contributed by atoms with Gasteiger partial charge in [-0.1, -0.05) is 5.16 Å². The number of amides is 1. The van der Waals surface area contributed by atoms with Gasteiger partial charge in [0, 0.05) is 42.8 Å². The molecular formula is C21H26F2N4O5S. The first-order valence-corrected chi connectivity index (χ1v) is 12.8. The first-order valence-electron chi connectivity index (χ1n) is 10.9. The molecule has 0 radical (unpaired) electrons. The lowest BCUT2D eigenvalue weighted by atomic mass is 9.85. The van der Waals surface area contributed by atoms with Gasteiger partial charge in [0.05, 0.1) is 18.8 Å². The molecule has 4 heterocycles. The average molecular weight is 485 g/mol. The van der Waals surface area contributed by atoms with Gasteiger partial charge in [0.1, 0.15) is 18.1 Å². The maximum absolute atomic E-state index is 15.0. The predicted molar refractivity (Wildman–Crippen MR) is 120 cm³/mol. The van der Waals surface area contributed by atoms with Crippen molar-refractivity contribution in [3.05, 3.63) is 36.1 Å². The van der Waals surface area contributed by atoms with Crippen LogP contribution >= 0.6 is 10.6 Å². The predicted octanol–water partition coefficient (Wildman–Crippen LogP) is 3.99. The van der Waals surface area contributed by atoms with Crippen LogP contribution in [0.1, 0.15) is 12.8 Å². The number of carbonyl (C=O) groups is 1. The summed E-state index contributed by atoms with van der Waals surface area (Å²) in [5.41, 5.74) is 0.0177. The minimum absolute atomic E-state index is 0.0908. The number of piperidine rings is 1. The molecule has 1 atom stereocenters. The maximum atomic E-state index is 15.0. The third-order valence-corrected chi connectivity index (χ3v) is 8.54. The van der Waals surface area contributed by atoms with E-state index in [0.29, 0.717) is 36.3 Å². The highest BCUT2D eigenvalue weighted by molar-refractivity contribution is 8.25. The van der Waals surface area contributed by atoms with Gasteiger partial charge in [0.15, 0.2) is 17.5 Å². The van der Waals surface area contributed by atoms with Gasteiger partial charge in [-0.25, -0.2) is 13.6 Å². The standard InChI is InChI=1S/C21H26F2N4O5S/c22-17-7-15(27-10-16(32-21(27)28)9-24-19-3-6-31-25-19)8-18(23)20(17)26-4-1-13(2-5-26)14-11-33(29,30)12-14/h3,6-8,13-14,16,29-30H,1-2,4-5,9-12H2,(H,24,25)/t16-/m0/s1. The number of hydrogen-bond donors (Lipinski definition) is 3. The zero-order chi connectivity index (χ0) is 23.2. The first-order chi connectivity index (χ1) is 15.8. The van der Waals surface area contributed by atoms with E-state index in [-0.39, 0.29) is 30.4 Å². The van der Waals surface area contributed by atoms with Gasteiger partial charge in [0.2, 0.25) is 0 Å². The van der Waals surface area contributed by atoms with E-state index in [2.05, 4.69) is 10.5 Å². The summed E-state index contributed by atoms with van der Waals surface area (Å²) in [4.78, 5) is 15.2. The van der Waals surface area contributed by atoms with Crippen molar-refractivity contribution >= 4 is 33.9 Å². The van der Waals surface area contributed by atoms with Crippen molar-refractivity contribution < 1.29 is 31.9 Å². The Morgan fingerprint density at radius 3 is 2.45 bits per heavy atom. The van der Waals surface area contributed by atoms with E-state index < -0.39 is 34.4 Å². The highest BCUT2D eigenvalue weighted by Crippen LogP contribution is 2.55. The molecule has 33 heavy (non-hydrogen) atoms. The van der Waals surface area contributed by atoms with Gasteiger partial charge in [-0.2, -0.15) is 10.6 Å². The smallest absolute Gasteiger partial charge is 0.414 e. The van der Waals surface area contributed by atoms with E-state index in [1.165, 1.54) is 23.3 Å². The summed E-state index contributed by atoms with van der Waals surface area (Å²) in [5.74, 6) is 0.555. The van der Waals surface area contributed by atoms with Crippen molar-refractivity contribution in [3.63, 3.8) is 0 Å². The van der Waals surface area contributed by atoms with E-state index in [1.54, 1.807) is 11.0 Å². The van der Waals surface area contributed by atoms with Crippen molar-refractivity contribution in [3.8, 4) is 0 Å². The van der Waals surface area contributed by atoms with Crippen molar-refractivity contribution in [1.29, 1.82) is 0 Å². The zero-order valence-electron chi connectivity index (χ0n) is 17.8. The van der Waals surface area contributed by atoms with Crippen LogP contribution in [0.15, 0.2) is 29.0 Å². The van der Waals surface area contributed by atoms with Gasteiger partial charge >= 0.3 is 6.09 Å². The van der Waals surface area contributed by atoms with Crippen LogP contribution in [0, 0.1) is 23.5 Å². The summed E-state index contributed by atoms with van der Waals surface area (Å²) in [6.45, 7) is 1.42. The Bertz CT molecular complexity index is 985. The number of ether oxygens (including phenoxy) is 1. The number of cyclic esters (lactones) is 1. The van der Waals surface area contributed by atoms with Crippen LogP contribution in [0.3, 0.4) is 0 Å². The second-order valence-corrected chi connectivity index (χ2v) is 11.1.